The van der Waals surface area contributed by atoms with E-state index in [1.807, 2.05) is 37.3 Å². The fourth-order valence-electron chi connectivity index (χ4n) is 2.33. The quantitative estimate of drug-likeness (QED) is 0.518. The summed E-state index contributed by atoms with van der Waals surface area (Å²) in [5.74, 6) is 0.240. The van der Waals surface area contributed by atoms with Gasteiger partial charge < -0.3 is 9.32 Å². The monoisotopic (exact) mass is 384 g/mol. The number of nitrogens with zero attached hydrogens (tertiary/aromatic N) is 3. The first-order valence-electron chi connectivity index (χ1n) is 8.22. The molecule has 140 valence electrons. The zero-order valence-electron chi connectivity index (χ0n) is 15.2. The molecular formula is C19H20N4O3S. The van der Waals surface area contributed by atoms with E-state index >= 15 is 0 Å². The molecule has 0 amide bonds. The summed E-state index contributed by atoms with van der Waals surface area (Å²) in [6.45, 7) is 1.89. The van der Waals surface area contributed by atoms with Gasteiger partial charge in [0.15, 0.2) is 0 Å². The van der Waals surface area contributed by atoms with Crippen molar-refractivity contribution in [2.75, 3.05) is 24.4 Å². The smallest absolute Gasteiger partial charge is 0.243 e. The van der Waals surface area contributed by atoms with Crippen LogP contribution in [0.5, 0.6) is 0 Å². The van der Waals surface area contributed by atoms with Gasteiger partial charge in [0.05, 0.1) is 10.6 Å². The highest BCUT2D eigenvalue weighted by molar-refractivity contribution is 7.91. The van der Waals surface area contributed by atoms with Gasteiger partial charge in [-0.05, 0) is 31.2 Å². The van der Waals surface area contributed by atoms with Crippen molar-refractivity contribution in [2.24, 2.45) is 5.10 Å². The summed E-state index contributed by atoms with van der Waals surface area (Å²) in [4.78, 5) is 5.88. The lowest BCUT2D eigenvalue weighted by Crippen LogP contribution is -2.13. The van der Waals surface area contributed by atoms with Crippen molar-refractivity contribution in [1.29, 1.82) is 0 Å². The molecule has 0 atom stereocenters. The van der Waals surface area contributed by atoms with Crippen LogP contribution in [0, 0.1) is 6.92 Å². The standard InChI is InChI=1S/C19H20N4O3S/c1-14-9-11-16(12-10-14)27(24,25)18-19(23(2)3)26-17(21-18)13-20-22-15-7-5-4-6-8-15/h4-13,22H,1-3H3/b20-13-. The highest BCUT2D eigenvalue weighted by Crippen LogP contribution is 2.29. The van der Waals surface area contributed by atoms with Crippen molar-refractivity contribution < 1.29 is 12.8 Å². The lowest BCUT2D eigenvalue weighted by molar-refractivity contribution is 0.544. The Labute approximate surface area is 158 Å². The topological polar surface area (TPSA) is 87.8 Å². The zero-order valence-corrected chi connectivity index (χ0v) is 16.1. The summed E-state index contributed by atoms with van der Waals surface area (Å²) in [6, 6.07) is 16.0. The second-order valence-corrected chi connectivity index (χ2v) is 7.97. The van der Waals surface area contributed by atoms with Gasteiger partial charge >= 0.3 is 0 Å². The van der Waals surface area contributed by atoms with Gasteiger partial charge in [0.1, 0.15) is 6.21 Å². The molecule has 27 heavy (non-hydrogen) atoms. The number of anilines is 2. The SMILES string of the molecule is Cc1ccc(S(=O)(=O)c2nc(/C=N\Nc3ccccc3)oc2N(C)C)cc1. The van der Waals surface area contributed by atoms with Gasteiger partial charge in [0.25, 0.3) is 0 Å². The van der Waals surface area contributed by atoms with Crippen LogP contribution in [0.15, 0.2) is 74.0 Å². The van der Waals surface area contributed by atoms with Gasteiger partial charge in [-0.25, -0.2) is 8.42 Å². The van der Waals surface area contributed by atoms with Crippen LogP contribution in [0.4, 0.5) is 11.6 Å². The van der Waals surface area contributed by atoms with Crippen LogP contribution in [-0.2, 0) is 9.84 Å². The maximum absolute atomic E-state index is 13.0. The van der Waals surface area contributed by atoms with Gasteiger partial charge in [-0.1, -0.05) is 35.9 Å². The van der Waals surface area contributed by atoms with E-state index in [1.54, 1.807) is 43.3 Å². The molecule has 2 aromatic carbocycles. The number of hydrazone groups is 1. The van der Waals surface area contributed by atoms with Gasteiger partial charge in [-0.15, -0.1) is 0 Å². The molecule has 1 heterocycles. The predicted molar refractivity (Wildman–Crippen MR) is 105 cm³/mol. The molecule has 1 N–H and O–H groups in total. The lowest BCUT2D eigenvalue weighted by Gasteiger charge is -2.10. The minimum atomic E-state index is -3.82. The number of nitrogens with one attached hydrogen (secondary N) is 1. The third-order valence-corrected chi connectivity index (χ3v) is 5.40. The average molecular weight is 384 g/mol. The van der Waals surface area contributed by atoms with Gasteiger partial charge in [-0.2, -0.15) is 10.1 Å². The van der Waals surface area contributed by atoms with E-state index < -0.39 is 9.84 Å². The van der Waals surface area contributed by atoms with Crippen molar-refractivity contribution in [3.05, 3.63) is 66.1 Å². The summed E-state index contributed by atoms with van der Waals surface area (Å²) in [5, 5.41) is 3.91. The van der Waals surface area contributed by atoms with E-state index in [0.717, 1.165) is 11.3 Å². The number of aromatic nitrogens is 1. The number of para-hydroxylation sites is 1. The molecular weight excluding hydrogens is 364 g/mol. The molecule has 8 heteroatoms. The molecule has 1 aromatic heterocycles. The fraction of sp³-hybridized carbons (Fsp3) is 0.158. The predicted octanol–water partition coefficient (Wildman–Crippen LogP) is 3.33. The maximum Gasteiger partial charge on any atom is 0.243 e. The van der Waals surface area contributed by atoms with Crippen molar-refractivity contribution in [3.63, 3.8) is 0 Å². The highest BCUT2D eigenvalue weighted by Gasteiger charge is 2.28. The number of hydrogen-bond acceptors (Lipinski definition) is 7. The Kier molecular flexibility index (Phi) is 5.27. The number of sulfone groups is 1. The van der Waals surface area contributed by atoms with Gasteiger partial charge in [0, 0.05) is 14.1 Å². The summed E-state index contributed by atoms with van der Waals surface area (Å²) in [7, 11) is -0.432. The normalized spacial score (nSPS) is 11.7. The number of rotatable bonds is 6. The third-order valence-electron chi connectivity index (χ3n) is 3.73. The number of benzene rings is 2. The first-order chi connectivity index (χ1) is 12.9. The molecule has 0 fully saturated rings. The van der Waals surface area contributed by atoms with Crippen molar-refractivity contribution >= 4 is 27.6 Å². The van der Waals surface area contributed by atoms with Crippen LogP contribution < -0.4 is 10.3 Å². The zero-order chi connectivity index (χ0) is 19.4. The molecule has 3 rings (SSSR count). The fourth-order valence-corrected chi connectivity index (χ4v) is 3.71. The van der Waals surface area contributed by atoms with E-state index in [-0.39, 0.29) is 21.7 Å². The van der Waals surface area contributed by atoms with Gasteiger partial charge in [-0.3, -0.25) is 5.43 Å². The number of aryl methyl sites for hydroxylation is 1. The molecule has 0 saturated carbocycles. The van der Waals surface area contributed by atoms with Crippen molar-refractivity contribution in [1.82, 2.24) is 4.98 Å². The second-order valence-electron chi connectivity index (χ2n) is 6.11. The Bertz CT molecular complexity index is 1040. The van der Waals surface area contributed by atoms with Crippen molar-refractivity contribution in [2.45, 2.75) is 16.8 Å². The third kappa shape index (κ3) is 4.17. The highest BCUT2D eigenvalue weighted by atomic mass is 32.2. The second kappa shape index (κ2) is 7.63. The van der Waals surface area contributed by atoms with Crippen LogP contribution in [0.25, 0.3) is 0 Å². The van der Waals surface area contributed by atoms with Crippen LogP contribution in [-0.4, -0.2) is 33.7 Å². The Morgan fingerprint density at radius 1 is 1.07 bits per heavy atom. The first kappa shape index (κ1) is 18.7. The van der Waals surface area contributed by atoms with Crippen LogP contribution in [0.3, 0.4) is 0 Å². The lowest BCUT2D eigenvalue weighted by atomic mass is 10.2. The molecule has 3 aromatic rings. The minimum Gasteiger partial charge on any atom is -0.418 e. The Hall–Kier alpha value is -3.13. The van der Waals surface area contributed by atoms with Crippen LogP contribution in [0.1, 0.15) is 11.5 Å². The molecule has 0 radical (unpaired) electrons. The Balaban J connectivity index is 1.92. The molecule has 0 aliphatic carbocycles. The Morgan fingerprint density at radius 2 is 1.74 bits per heavy atom. The van der Waals surface area contributed by atoms with E-state index in [9.17, 15) is 8.42 Å². The first-order valence-corrected chi connectivity index (χ1v) is 9.70. The number of hydrogen-bond donors (Lipinski definition) is 1. The van der Waals surface area contributed by atoms with E-state index in [4.69, 9.17) is 4.42 Å². The Morgan fingerprint density at radius 3 is 2.37 bits per heavy atom. The summed E-state index contributed by atoms with van der Waals surface area (Å²) < 4.78 is 31.5. The summed E-state index contributed by atoms with van der Waals surface area (Å²) in [6.07, 6.45) is 1.34. The van der Waals surface area contributed by atoms with E-state index in [0.29, 0.717) is 0 Å². The maximum atomic E-state index is 13.0. The summed E-state index contributed by atoms with van der Waals surface area (Å²) in [5.41, 5.74) is 4.60. The minimum absolute atomic E-state index is 0.0906. The van der Waals surface area contributed by atoms with E-state index in [2.05, 4.69) is 15.5 Å². The molecule has 0 spiro atoms. The number of oxazole rings is 1. The average Bonchev–Trinajstić information content (AvgIpc) is 3.08. The summed E-state index contributed by atoms with van der Waals surface area (Å²) >= 11 is 0. The molecule has 0 bridgehead atoms. The molecule has 0 aliphatic heterocycles. The molecule has 0 aliphatic rings. The van der Waals surface area contributed by atoms with Crippen LogP contribution in [0.2, 0.25) is 0 Å². The molecule has 7 nitrogen and oxygen atoms in total. The largest absolute Gasteiger partial charge is 0.418 e. The molecule has 0 saturated heterocycles. The van der Waals surface area contributed by atoms with Crippen LogP contribution >= 0.6 is 0 Å². The molecule has 0 unspecified atom stereocenters. The van der Waals surface area contributed by atoms with Gasteiger partial charge in [0.2, 0.25) is 26.6 Å². The van der Waals surface area contributed by atoms with Crippen molar-refractivity contribution in [3.8, 4) is 0 Å². The van der Waals surface area contributed by atoms with E-state index in [1.165, 1.54) is 6.21 Å².